The molecule has 0 heterocycles. The molecule has 2 aliphatic carbocycles. The van der Waals surface area contributed by atoms with E-state index in [1.54, 1.807) is 0 Å². The van der Waals surface area contributed by atoms with Crippen LogP contribution in [-0.4, -0.2) is 0 Å². The highest BCUT2D eigenvalue weighted by Crippen LogP contribution is 2.35. The lowest BCUT2D eigenvalue weighted by Gasteiger charge is -2.27. The minimum Gasteiger partial charge on any atom is -0.311 e. The van der Waals surface area contributed by atoms with Crippen LogP contribution in [0.1, 0.15) is 60.4 Å². The fourth-order valence-electron chi connectivity index (χ4n) is 6.20. The van der Waals surface area contributed by atoms with Gasteiger partial charge in [-0.1, -0.05) is 140 Å². The Bertz CT molecular complexity index is 1810. The van der Waals surface area contributed by atoms with Gasteiger partial charge in [0, 0.05) is 23.0 Å². The Balaban J connectivity index is 1.37. The van der Waals surface area contributed by atoms with E-state index in [4.69, 9.17) is 0 Å². The fraction of sp³-hybridized carbons (Fsp3) is 0.136. The van der Waals surface area contributed by atoms with E-state index in [0.717, 1.165) is 30.6 Å². The topological polar surface area (TPSA) is 3.24 Å². The second-order valence-corrected chi connectivity index (χ2v) is 11.7. The van der Waals surface area contributed by atoms with Gasteiger partial charge in [0.05, 0.1) is 0 Å². The van der Waals surface area contributed by atoms with Crippen molar-refractivity contribution in [3.63, 3.8) is 0 Å². The van der Waals surface area contributed by atoms with E-state index in [-0.39, 0.29) is 5.92 Å². The maximum absolute atomic E-state index is 2.47. The summed E-state index contributed by atoms with van der Waals surface area (Å²) in [6.45, 7) is 4.49. The maximum Gasteiger partial charge on any atom is 0.0461 e. The zero-order valence-corrected chi connectivity index (χ0v) is 26.3. The predicted molar refractivity (Wildman–Crippen MR) is 195 cm³/mol. The number of fused-ring (bicyclic) bond motifs is 1. The van der Waals surface area contributed by atoms with Gasteiger partial charge in [-0.15, -0.1) is 0 Å². The second-order valence-electron chi connectivity index (χ2n) is 11.7. The lowest BCUT2D eigenvalue weighted by atomic mass is 9.88. The first-order chi connectivity index (χ1) is 22.2. The Kier molecular flexibility index (Phi) is 9.68. The summed E-state index contributed by atoms with van der Waals surface area (Å²) in [4.78, 5) is 2.35. The standard InChI is InChI=1S/C44H41N/c1-34(36-17-8-5-9-18-36)27-28-39(33-35(2)43-26-16-20-38-19-10-6-15-25-44(38)43)37-29-31-42(32-30-37)45(41-23-13-7-14-24-41)40-21-11-3-4-12-22-40/h3-11,13-18,20-27,29-33,39H,12,19,28H2,1-2H3/b34-27+,35-33+. The van der Waals surface area contributed by atoms with Crippen LogP contribution in [0.25, 0.3) is 17.2 Å². The second kappa shape index (κ2) is 14.6. The molecule has 0 N–H and O–H groups in total. The molecule has 4 aromatic carbocycles. The zero-order valence-electron chi connectivity index (χ0n) is 26.3. The molecule has 0 amide bonds. The molecule has 45 heavy (non-hydrogen) atoms. The molecule has 6 rings (SSSR count). The van der Waals surface area contributed by atoms with Crippen molar-refractivity contribution in [2.75, 3.05) is 4.90 Å². The Labute approximate surface area is 269 Å². The Morgan fingerprint density at radius 1 is 0.689 bits per heavy atom. The highest BCUT2D eigenvalue weighted by molar-refractivity contribution is 5.77. The Hall–Kier alpha value is -5.14. The number of rotatable bonds is 9. The van der Waals surface area contributed by atoms with Crippen molar-refractivity contribution in [1.29, 1.82) is 0 Å². The predicted octanol–water partition coefficient (Wildman–Crippen LogP) is 12.0. The van der Waals surface area contributed by atoms with Crippen LogP contribution in [0.3, 0.4) is 0 Å². The van der Waals surface area contributed by atoms with Gasteiger partial charge in [0.25, 0.3) is 0 Å². The molecular weight excluding hydrogens is 542 g/mol. The van der Waals surface area contributed by atoms with E-state index >= 15 is 0 Å². The van der Waals surface area contributed by atoms with Crippen LogP contribution < -0.4 is 4.90 Å². The number of hydrogen-bond donors (Lipinski definition) is 0. The minimum absolute atomic E-state index is 0.229. The van der Waals surface area contributed by atoms with Crippen LogP contribution in [0.4, 0.5) is 11.4 Å². The van der Waals surface area contributed by atoms with Crippen molar-refractivity contribution in [3.05, 3.63) is 197 Å². The molecule has 4 aromatic rings. The van der Waals surface area contributed by atoms with Crippen molar-refractivity contribution in [3.8, 4) is 0 Å². The summed E-state index contributed by atoms with van der Waals surface area (Å²) >= 11 is 0. The molecule has 0 saturated carbocycles. The number of hydrogen-bond acceptors (Lipinski definition) is 1. The number of anilines is 2. The first-order valence-electron chi connectivity index (χ1n) is 16.0. The Morgan fingerprint density at radius 3 is 2.20 bits per heavy atom. The van der Waals surface area contributed by atoms with Crippen molar-refractivity contribution >= 4 is 28.6 Å². The highest BCUT2D eigenvalue weighted by Gasteiger charge is 2.16. The third kappa shape index (κ3) is 7.33. The third-order valence-electron chi connectivity index (χ3n) is 8.66. The molecule has 1 heteroatoms. The van der Waals surface area contributed by atoms with Crippen LogP contribution in [0.5, 0.6) is 0 Å². The average molecular weight is 584 g/mol. The molecule has 0 radical (unpaired) electrons. The fourth-order valence-corrected chi connectivity index (χ4v) is 6.20. The molecule has 2 aliphatic rings. The molecule has 0 aromatic heterocycles. The normalized spacial score (nSPS) is 15.2. The summed E-state index contributed by atoms with van der Waals surface area (Å²) in [7, 11) is 0. The van der Waals surface area contributed by atoms with E-state index in [1.807, 2.05) is 0 Å². The van der Waals surface area contributed by atoms with Gasteiger partial charge >= 0.3 is 0 Å². The quantitative estimate of drug-likeness (QED) is 0.189. The summed E-state index contributed by atoms with van der Waals surface area (Å²) in [6.07, 6.45) is 27.4. The third-order valence-corrected chi connectivity index (χ3v) is 8.66. The highest BCUT2D eigenvalue weighted by atomic mass is 15.1. The molecule has 0 bridgehead atoms. The SMILES string of the molecule is C/C(=C\CC(/C=C(\C)c1cccc2c1C=CC=CC2)c1ccc(N(C2=CCC=CC=C2)c2ccccc2)cc1)c1ccccc1. The van der Waals surface area contributed by atoms with E-state index in [0.29, 0.717) is 0 Å². The van der Waals surface area contributed by atoms with Crippen LogP contribution in [0.2, 0.25) is 0 Å². The molecule has 0 saturated heterocycles. The van der Waals surface area contributed by atoms with E-state index in [2.05, 4.69) is 189 Å². The molecule has 222 valence electrons. The zero-order chi connectivity index (χ0) is 30.8. The van der Waals surface area contributed by atoms with Crippen molar-refractivity contribution in [2.45, 2.75) is 39.0 Å². The molecule has 1 unspecified atom stereocenters. The first-order valence-corrected chi connectivity index (χ1v) is 16.0. The summed E-state index contributed by atoms with van der Waals surface area (Å²) in [6, 6.07) is 37.3. The van der Waals surface area contributed by atoms with E-state index < -0.39 is 0 Å². The Morgan fingerprint density at radius 2 is 1.40 bits per heavy atom. The monoisotopic (exact) mass is 583 g/mol. The van der Waals surface area contributed by atoms with Crippen molar-refractivity contribution < 1.29 is 0 Å². The number of benzene rings is 4. The molecule has 0 fully saturated rings. The van der Waals surface area contributed by atoms with Gasteiger partial charge < -0.3 is 4.90 Å². The minimum atomic E-state index is 0.229. The van der Waals surface area contributed by atoms with Gasteiger partial charge in [0.2, 0.25) is 0 Å². The lowest BCUT2D eigenvalue weighted by Crippen LogP contribution is -2.15. The van der Waals surface area contributed by atoms with Gasteiger partial charge in [-0.05, 0) is 102 Å². The van der Waals surface area contributed by atoms with Crippen LogP contribution in [-0.2, 0) is 6.42 Å². The van der Waals surface area contributed by atoms with Gasteiger partial charge in [0.1, 0.15) is 0 Å². The number of allylic oxidation sites excluding steroid dienone is 12. The van der Waals surface area contributed by atoms with Gasteiger partial charge in [0.15, 0.2) is 0 Å². The molecule has 0 spiro atoms. The summed E-state index contributed by atoms with van der Waals surface area (Å²) < 4.78 is 0. The smallest absolute Gasteiger partial charge is 0.0461 e. The van der Waals surface area contributed by atoms with Gasteiger partial charge in [-0.2, -0.15) is 0 Å². The van der Waals surface area contributed by atoms with Crippen LogP contribution in [0, 0.1) is 0 Å². The van der Waals surface area contributed by atoms with Gasteiger partial charge in [-0.3, -0.25) is 0 Å². The molecule has 1 atom stereocenters. The molecular formula is C44H41N. The van der Waals surface area contributed by atoms with Crippen molar-refractivity contribution in [2.24, 2.45) is 0 Å². The largest absolute Gasteiger partial charge is 0.311 e. The molecule has 1 nitrogen and oxygen atoms in total. The van der Waals surface area contributed by atoms with Crippen LogP contribution in [0.15, 0.2) is 170 Å². The lowest BCUT2D eigenvalue weighted by molar-refractivity contribution is 0.864. The van der Waals surface area contributed by atoms with Crippen molar-refractivity contribution in [1.82, 2.24) is 0 Å². The van der Waals surface area contributed by atoms with Crippen LogP contribution >= 0.6 is 0 Å². The first kappa shape index (κ1) is 29.9. The van der Waals surface area contributed by atoms with E-state index in [9.17, 15) is 0 Å². The summed E-state index contributed by atoms with van der Waals surface area (Å²) in [5.41, 5.74) is 12.7. The number of para-hydroxylation sites is 1. The maximum atomic E-state index is 2.47. The summed E-state index contributed by atoms with van der Waals surface area (Å²) in [5.74, 6) is 0.229. The average Bonchev–Trinajstić information content (AvgIpc) is 3.51. The summed E-state index contributed by atoms with van der Waals surface area (Å²) in [5, 5.41) is 0. The number of nitrogens with zero attached hydrogens (tertiary/aromatic N) is 1. The molecule has 0 aliphatic heterocycles. The van der Waals surface area contributed by atoms with E-state index in [1.165, 1.54) is 44.7 Å². The van der Waals surface area contributed by atoms with Gasteiger partial charge in [-0.25, -0.2) is 0 Å².